The van der Waals surface area contributed by atoms with Crippen molar-refractivity contribution in [3.05, 3.63) is 35.7 Å². The minimum absolute atomic E-state index is 0.0213. The normalized spacial score (nSPS) is 14.7. The van der Waals surface area contributed by atoms with Gasteiger partial charge in [-0.3, -0.25) is 9.78 Å². The van der Waals surface area contributed by atoms with E-state index < -0.39 is 0 Å². The lowest BCUT2D eigenvalue weighted by Gasteiger charge is -2.32. The van der Waals surface area contributed by atoms with Crippen molar-refractivity contribution in [1.82, 2.24) is 19.9 Å². The van der Waals surface area contributed by atoms with Crippen LogP contribution >= 0.6 is 11.8 Å². The van der Waals surface area contributed by atoms with E-state index in [9.17, 15) is 4.79 Å². The predicted octanol–water partition coefficient (Wildman–Crippen LogP) is 2.63. The third-order valence-corrected chi connectivity index (χ3v) is 5.47. The van der Waals surface area contributed by atoms with E-state index in [4.69, 9.17) is 9.97 Å². The van der Waals surface area contributed by atoms with Crippen molar-refractivity contribution < 1.29 is 4.79 Å². The minimum Gasteiger partial charge on any atom is -0.362 e. The third kappa shape index (κ3) is 3.82. The Balaban J connectivity index is 1.95. The second-order valence-electron chi connectivity index (χ2n) is 6.51. The molecule has 6 nitrogen and oxygen atoms in total. The number of aromatic nitrogens is 3. The molecular weight excluding hydrogens is 346 g/mol. The molecule has 0 fully saturated rings. The molecule has 0 bridgehead atoms. The van der Waals surface area contributed by atoms with Crippen molar-refractivity contribution in [3.8, 4) is 11.5 Å². The van der Waals surface area contributed by atoms with E-state index in [0.29, 0.717) is 18.9 Å². The molecule has 3 rings (SSSR count). The van der Waals surface area contributed by atoms with Crippen LogP contribution in [-0.4, -0.2) is 57.4 Å². The summed E-state index contributed by atoms with van der Waals surface area (Å²) in [4.78, 5) is 30.5. The average molecular weight is 372 g/mol. The number of amides is 1. The van der Waals surface area contributed by atoms with Crippen LogP contribution in [0.1, 0.15) is 25.1 Å². The zero-order valence-electron chi connectivity index (χ0n) is 15.8. The molecule has 0 saturated heterocycles. The Kier molecular flexibility index (Phi) is 5.76. The van der Waals surface area contributed by atoms with Crippen LogP contribution < -0.4 is 4.90 Å². The van der Waals surface area contributed by atoms with Gasteiger partial charge in [-0.2, -0.15) is 0 Å². The van der Waals surface area contributed by atoms with Gasteiger partial charge in [0.2, 0.25) is 5.91 Å². The summed E-state index contributed by atoms with van der Waals surface area (Å²) in [6.07, 6.45) is 2.52. The highest BCUT2D eigenvalue weighted by molar-refractivity contribution is 8.00. The molecule has 26 heavy (non-hydrogen) atoms. The number of fused-ring (bicyclic) bond motifs is 1. The van der Waals surface area contributed by atoms with Gasteiger partial charge in [0.1, 0.15) is 11.5 Å². The number of hydrogen-bond donors (Lipinski definition) is 0. The zero-order chi connectivity index (χ0) is 18.7. The van der Waals surface area contributed by atoms with Crippen LogP contribution in [0.5, 0.6) is 0 Å². The van der Waals surface area contributed by atoms with E-state index >= 15 is 0 Å². The monoisotopic (exact) mass is 371 g/mol. The molecule has 2 aromatic heterocycles. The number of carbonyl (C=O) groups excluding carboxylic acids is 1. The number of rotatable bonds is 5. The Morgan fingerprint density at radius 3 is 2.81 bits per heavy atom. The maximum Gasteiger partial charge on any atom is 0.235 e. The molecule has 7 heteroatoms. The Hall–Kier alpha value is -2.15. The van der Waals surface area contributed by atoms with Gasteiger partial charge < -0.3 is 9.80 Å². The van der Waals surface area contributed by atoms with E-state index in [1.54, 1.807) is 18.0 Å². The first kappa shape index (κ1) is 18.6. The fourth-order valence-corrected chi connectivity index (χ4v) is 3.95. The highest BCUT2D eigenvalue weighted by atomic mass is 32.2. The quantitative estimate of drug-likeness (QED) is 0.805. The Labute approximate surface area is 159 Å². The van der Waals surface area contributed by atoms with Crippen LogP contribution in [0.25, 0.3) is 11.5 Å². The highest BCUT2D eigenvalue weighted by Gasteiger charge is 2.28. The summed E-state index contributed by atoms with van der Waals surface area (Å²) in [5.41, 5.74) is 2.81. The predicted molar refractivity (Wildman–Crippen MR) is 106 cm³/mol. The number of pyridine rings is 1. The van der Waals surface area contributed by atoms with Crippen molar-refractivity contribution in [3.63, 3.8) is 0 Å². The van der Waals surface area contributed by atoms with Crippen LogP contribution in [0.15, 0.2) is 24.4 Å². The molecule has 2 aromatic rings. The lowest BCUT2D eigenvalue weighted by atomic mass is 10.0. The molecule has 1 aliphatic rings. The largest absolute Gasteiger partial charge is 0.362 e. The molecule has 0 aliphatic carbocycles. The van der Waals surface area contributed by atoms with Crippen molar-refractivity contribution >= 4 is 23.5 Å². The smallest absolute Gasteiger partial charge is 0.235 e. The maximum atomic E-state index is 12.7. The standard InChI is InChI=1S/C19H25N5OS/c1-5-26-13(2)19(25)24-11-9-14-16(12-24)21-17(22-18(14)23(3)4)15-8-6-7-10-20-15/h6-8,10,13H,5,9,11-12H2,1-4H3/t13-/m0/s1. The van der Waals surface area contributed by atoms with Gasteiger partial charge in [-0.15, -0.1) is 11.8 Å². The van der Waals surface area contributed by atoms with E-state index in [0.717, 1.165) is 34.9 Å². The van der Waals surface area contributed by atoms with E-state index in [-0.39, 0.29) is 11.2 Å². The SMILES string of the molecule is CCS[C@@H](C)C(=O)N1CCc2c(nc(-c3ccccn3)nc2N(C)C)C1. The second kappa shape index (κ2) is 8.03. The zero-order valence-corrected chi connectivity index (χ0v) is 16.6. The van der Waals surface area contributed by atoms with E-state index in [1.165, 1.54) is 0 Å². The number of thioether (sulfide) groups is 1. The summed E-state index contributed by atoms with van der Waals surface area (Å²) >= 11 is 1.68. The van der Waals surface area contributed by atoms with Gasteiger partial charge in [-0.05, 0) is 31.2 Å². The van der Waals surface area contributed by atoms with E-state index in [1.807, 2.05) is 49.0 Å². The molecule has 0 unspecified atom stereocenters. The minimum atomic E-state index is -0.0213. The fraction of sp³-hybridized carbons (Fsp3) is 0.474. The van der Waals surface area contributed by atoms with Crippen molar-refractivity contribution in [2.24, 2.45) is 0 Å². The summed E-state index contributed by atoms with van der Waals surface area (Å²) in [6, 6.07) is 5.72. The van der Waals surface area contributed by atoms with Gasteiger partial charge >= 0.3 is 0 Å². The second-order valence-corrected chi connectivity index (χ2v) is 8.13. The summed E-state index contributed by atoms with van der Waals surface area (Å²) in [5.74, 6) is 2.65. The molecule has 0 saturated carbocycles. The number of carbonyl (C=O) groups is 1. The lowest BCUT2D eigenvalue weighted by Crippen LogP contribution is -2.41. The van der Waals surface area contributed by atoms with Crippen LogP contribution in [0.2, 0.25) is 0 Å². The Morgan fingerprint density at radius 1 is 1.35 bits per heavy atom. The van der Waals surface area contributed by atoms with E-state index in [2.05, 4.69) is 11.9 Å². The first-order valence-corrected chi connectivity index (χ1v) is 9.95. The first-order chi connectivity index (χ1) is 12.5. The molecule has 1 aliphatic heterocycles. The number of hydrogen-bond acceptors (Lipinski definition) is 6. The Bertz CT molecular complexity index is 781. The Morgan fingerprint density at radius 2 is 2.15 bits per heavy atom. The van der Waals surface area contributed by atoms with Crippen molar-refractivity contribution in [2.75, 3.05) is 31.3 Å². The number of nitrogens with zero attached hydrogens (tertiary/aromatic N) is 5. The van der Waals surface area contributed by atoms with Crippen molar-refractivity contribution in [2.45, 2.75) is 32.1 Å². The summed E-state index contributed by atoms with van der Waals surface area (Å²) in [7, 11) is 3.98. The summed E-state index contributed by atoms with van der Waals surface area (Å²) in [6.45, 7) is 5.31. The van der Waals surface area contributed by atoms with Crippen molar-refractivity contribution in [1.29, 1.82) is 0 Å². The van der Waals surface area contributed by atoms with Crippen LogP contribution in [-0.2, 0) is 17.8 Å². The van der Waals surface area contributed by atoms with Gasteiger partial charge in [-0.1, -0.05) is 13.0 Å². The van der Waals surface area contributed by atoms with Crippen LogP contribution in [0.3, 0.4) is 0 Å². The van der Waals surface area contributed by atoms with Gasteiger partial charge in [0.15, 0.2) is 5.82 Å². The maximum absolute atomic E-state index is 12.7. The van der Waals surface area contributed by atoms with Crippen LogP contribution in [0.4, 0.5) is 5.82 Å². The molecule has 0 radical (unpaired) electrons. The molecule has 1 atom stereocenters. The average Bonchev–Trinajstić information content (AvgIpc) is 2.66. The molecular formula is C19H25N5OS. The first-order valence-electron chi connectivity index (χ1n) is 8.90. The molecule has 0 aromatic carbocycles. The molecule has 3 heterocycles. The molecule has 0 N–H and O–H groups in total. The fourth-order valence-electron chi connectivity index (χ4n) is 3.16. The highest BCUT2D eigenvalue weighted by Crippen LogP contribution is 2.29. The molecule has 138 valence electrons. The summed E-state index contributed by atoms with van der Waals surface area (Å²) in [5, 5.41) is -0.0213. The number of anilines is 1. The third-order valence-electron chi connectivity index (χ3n) is 4.44. The van der Waals surface area contributed by atoms with Crippen LogP contribution in [0, 0.1) is 0 Å². The van der Waals surface area contributed by atoms with Gasteiger partial charge in [0.05, 0.1) is 17.5 Å². The molecule has 1 amide bonds. The lowest BCUT2D eigenvalue weighted by molar-refractivity contribution is -0.131. The van der Waals surface area contributed by atoms with Gasteiger partial charge in [-0.25, -0.2) is 9.97 Å². The molecule has 0 spiro atoms. The topological polar surface area (TPSA) is 62.2 Å². The summed E-state index contributed by atoms with van der Waals surface area (Å²) < 4.78 is 0. The van der Waals surface area contributed by atoms with Gasteiger partial charge in [0, 0.05) is 32.4 Å². The van der Waals surface area contributed by atoms with Gasteiger partial charge in [0.25, 0.3) is 0 Å².